The number of hydrogen-bond donors (Lipinski definition) is 0. The molecule has 1 aliphatic rings. The molecule has 0 saturated carbocycles. The summed E-state index contributed by atoms with van der Waals surface area (Å²) in [7, 11) is -1.21. The maximum Gasteiger partial charge on any atom is 0.269 e. The number of rotatable bonds is 4. The predicted molar refractivity (Wildman–Crippen MR) is 90.6 cm³/mol. The quantitative estimate of drug-likeness (QED) is 0.807. The second-order valence-electron chi connectivity index (χ2n) is 5.39. The Morgan fingerprint density at radius 2 is 1.84 bits per heavy atom. The van der Waals surface area contributed by atoms with Crippen LogP contribution in [0.3, 0.4) is 0 Å². The second-order valence-corrected chi connectivity index (χ2v) is 7.60. The zero-order valence-electron chi connectivity index (χ0n) is 13.7. The number of benzene rings is 1. The zero-order chi connectivity index (χ0) is 18.4. The molecule has 9 heteroatoms. The van der Waals surface area contributed by atoms with E-state index in [1.54, 1.807) is 13.0 Å². The molecule has 2 aromatic rings. The van der Waals surface area contributed by atoms with E-state index in [4.69, 9.17) is 21.1 Å². The van der Waals surface area contributed by atoms with Crippen LogP contribution in [0.1, 0.15) is 21.6 Å². The highest BCUT2D eigenvalue weighted by Crippen LogP contribution is 2.39. The molecule has 0 fully saturated rings. The average molecular weight is 383 g/mol. The van der Waals surface area contributed by atoms with Gasteiger partial charge in [0.2, 0.25) is 0 Å². The van der Waals surface area contributed by atoms with E-state index < -0.39 is 15.9 Å². The van der Waals surface area contributed by atoms with Gasteiger partial charge in [-0.15, -0.1) is 0 Å². The summed E-state index contributed by atoms with van der Waals surface area (Å²) in [6, 6.07) is 4.25. The molecule has 132 valence electrons. The Balaban J connectivity index is 2.09. The van der Waals surface area contributed by atoms with Gasteiger partial charge in [0, 0.05) is 12.3 Å². The SMILES string of the molecule is COc1cc2c(cc1OC)S(=O)(=O)N(Cc1ccnc(C)c1Cl)C2=O. The van der Waals surface area contributed by atoms with Crippen molar-refractivity contribution in [1.82, 2.24) is 9.29 Å². The van der Waals surface area contributed by atoms with Crippen LogP contribution in [0.4, 0.5) is 0 Å². The van der Waals surface area contributed by atoms with Crippen LogP contribution in [0.15, 0.2) is 29.3 Å². The summed E-state index contributed by atoms with van der Waals surface area (Å²) in [5, 5.41) is 0.330. The number of hydrogen-bond acceptors (Lipinski definition) is 6. The van der Waals surface area contributed by atoms with E-state index in [9.17, 15) is 13.2 Å². The number of methoxy groups -OCH3 is 2. The molecule has 1 aromatic heterocycles. The number of amides is 1. The Morgan fingerprint density at radius 3 is 2.48 bits per heavy atom. The van der Waals surface area contributed by atoms with Gasteiger partial charge in [-0.3, -0.25) is 9.78 Å². The van der Waals surface area contributed by atoms with Crippen molar-refractivity contribution >= 4 is 27.5 Å². The fourth-order valence-corrected chi connectivity index (χ4v) is 4.35. The Kier molecular flexibility index (Phi) is 4.34. The lowest BCUT2D eigenvalue weighted by Gasteiger charge is -2.16. The molecular weight excluding hydrogens is 368 g/mol. The number of aryl methyl sites for hydroxylation is 1. The normalized spacial score (nSPS) is 15.2. The van der Waals surface area contributed by atoms with Crippen LogP contribution in [-0.2, 0) is 16.6 Å². The summed E-state index contributed by atoms with van der Waals surface area (Å²) in [6.45, 7) is 1.53. The molecule has 0 aliphatic carbocycles. The standard InChI is InChI=1S/C16H15ClN2O5S/c1-9-15(17)10(4-5-18-9)8-19-16(20)11-6-12(23-2)13(24-3)7-14(11)25(19,21)22/h4-7H,8H2,1-3H3. The number of fused-ring (bicyclic) bond motifs is 1. The Morgan fingerprint density at radius 1 is 1.20 bits per heavy atom. The number of ether oxygens (including phenoxy) is 2. The molecule has 1 aliphatic heterocycles. The Labute approximate surface area is 150 Å². The van der Waals surface area contributed by atoms with Crippen LogP contribution in [0.5, 0.6) is 11.5 Å². The highest BCUT2D eigenvalue weighted by Gasteiger charge is 2.42. The van der Waals surface area contributed by atoms with E-state index in [2.05, 4.69) is 4.98 Å². The van der Waals surface area contributed by atoms with Crippen LogP contribution in [0.25, 0.3) is 0 Å². The predicted octanol–water partition coefficient (Wildman–Crippen LogP) is 2.41. The van der Waals surface area contributed by atoms with E-state index in [-0.39, 0.29) is 28.5 Å². The lowest BCUT2D eigenvalue weighted by Crippen LogP contribution is -2.29. The van der Waals surface area contributed by atoms with E-state index in [0.717, 1.165) is 4.31 Å². The van der Waals surface area contributed by atoms with Gasteiger partial charge in [-0.1, -0.05) is 11.6 Å². The van der Waals surface area contributed by atoms with Crippen molar-refractivity contribution in [3.63, 3.8) is 0 Å². The van der Waals surface area contributed by atoms with Crippen LogP contribution in [-0.4, -0.2) is 37.8 Å². The lowest BCUT2D eigenvalue weighted by atomic mass is 10.1. The fourth-order valence-electron chi connectivity index (χ4n) is 2.64. The number of aromatic nitrogens is 1. The van der Waals surface area contributed by atoms with Crippen LogP contribution in [0.2, 0.25) is 5.02 Å². The number of sulfonamides is 1. The number of carbonyl (C=O) groups is 1. The van der Waals surface area contributed by atoms with Crippen molar-refractivity contribution in [3.8, 4) is 11.5 Å². The zero-order valence-corrected chi connectivity index (χ0v) is 15.3. The molecule has 2 heterocycles. The van der Waals surface area contributed by atoms with E-state index in [1.165, 1.54) is 32.5 Å². The third-order valence-electron chi connectivity index (χ3n) is 3.97. The molecule has 0 atom stereocenters. The van der Waals surface area contributed by atoms with Crippen molar-refractivity contribution in [3.05, 3.63) is 46.2 Å². The molecule has 25 heavy (non-hydrogen) atoms. The molecular formula is C16H15ClN2O5S. The van der Waals surface area contributed by atoms with Gasteiger partial charge in [-0.25, -0.2) is 12.7 Å². The lowest BCUT2D eigenvalue weighted by molar-refractivity contribution is 0.0864. The summed E-state index contributed by atoms with van der Waals surface area (Å²) in [5.41, 5.74) is 1.10. The van der Waals surface area contributed by atoms with Gasteiger partial charge in [-0.2, -0.15) is 0 Å². The highest BCUT2D eigenvalue weighted by atomic mass is 35.5. The smallest absolute Gasteiger partial charge is 0.269 e. The van der Waals surface area contributed by atoms with Crippen molar-refractivity contribution in [2.75, 3.05) is 14.2 Å². The third kappa shape index (κ3) is 2.71. The van der Waals surface area contributed by atoms with Gasteiger partial charge < -0.3 is 9.47 Å². The molecule has 0 unspecified atom stereocenters. The first-order valence-corrected chi connectivity index (χ1v) is 9.06. The Hall–Kier alpha value is -2.32. The van der Waals surface area contributed by atoms with Crippen molar-refractivity contribution in [1.29, 1.82) is 0 Å². The first kappa shape index (κ1) is 17.5. The first-order valence-electron chi connectivity index (χ1n) is 7.24. The van der Waals surface area contributed by atoms with E-state index >= 15 is 0 Å². The first-order chi connectivity index (χ1) is 11.8. The topological polar surface area (TPSA) is 85.8 Å². The summed E-state index contributed by atoms with van der Waals surface area (Å²) >= 11 is 6.18. The number of nitrogens with zero attached hydrogens (tertiary/aromatic N) is 2. The monoisotopic (exact) mass is 382 g/mol. The fraction of sp³-hybridized carbons (Fsp3) is 0.250. The third-order valence-corrected chi connectivity index (χ3v) is 6.25. The van der Waals surface area contributed by atoms with E-state index in [1.807, 2.05) is 0 Å². The highest BCUT2D eigenvalue weighted by molar-refractivity contribution is 7.90. The maximum atomic E-state index is 12.8. The van der Waals surface area contributed by atoms with Gasteiger partial charge in [0.25, 0.3) is 15.9 Å². The molecule has 0 saturated heterocycles. The van der Waals surface area contributed by atoms with Crippen molar-refractivity contribution in [2.45, 2.75) is 18.4 Å². The molecule has 1 amide bonds. The molecule has 0 N–H and O–H groups in total. The minimum atomic E-state index is -4.01. The molecule has 7 nitrogen and oxygen atoms in total. The molecule has 0 spiro atoms. The summed E-state index contributed by atoms with van der Waals surface area (Å²) in [5.74, 6) is -0.122. The van der Waals surface area contributed by atoms with Crippen molar-refractivity contribution in [2.24, 2.45) is 0 Å². The largest absolute Gasteiger partial charge is 0.493 e. The van der Waals surface area contributed by atoms with Gasteiger partial charge in [0.15, 0.2) is 11.5 Å². The molecule has 3 rings (SSSR count). The summed E-state index contributed by atoms with van der Waals surface area (Å²) in [6.07, 6.45) is 1.52. The van der Waals surface area contributed by atoms with Gasteiger partial charge >= 0.3 is 0 Å². The second kappa shape index (κ2) is 6.20. The van der Waals surface area contributed by atoms with Gasteiger partial charge in [0.05, 0.1) is 37.0 Å². The maximum absolute atomic E-state index is 12.8. The number of pyridine rings is 1. The number of halogens is 1. The molecule has 1 aromatic carbocycles. The molecule has 0 bridgehead atoms. The summed E-state index contributed by atoms with van der Waals surface area (Å²) in [4.78, 5) is 16.6. The van der Waals surface area contributed by atoms with Crippen LogP contribution >= 0.6 is 11.6 Å². The minimum Gasteiger partial charge on any atom is -0.493 e. The van der Waals surface area contributed by atoms with Gasteiger partial charge in [0.1, 0.15) is 4.90 Å². The summed E-state index contributed by atoms with van der Waals surface area (Å²) < 4.78 is 36.7. The molecule has 0 radical (unpaired) electrons. The Bertz CT molecular complexity index is 975. The van der Waals surface area contributed by atoms with Crippen LogP contribution in [0, 0.1) is 6.92 Å². The number of carbonyl (C=O) groups excluding carboxylic acids is 1. The van der Waals surface area contributed by atoms with Crippen molar-refractivity contribution < 1.29 is 22.7 Å². The van der Waals surface area contributed by atoms with E-state index in [0.29, 0.717) is 16.3 Å². The minimum absolute atomic E-state index is 0.0413. The average Bonchev–Trinajstić information content (AvgIpc) is 2.77. The van der Waals surface area contributed by atoms with Crippen LogP contribution < -0.4 is 9.47 Å². The van der Waals surface area contributed by atoms with Gasteiger partial charge in [-0.05, 0) is 24.6 Å².